The molecule has 0 spiro atoms. The molecular weight excluding hydrogens is 244 g/mol. The fourth-order valence-electron chi connectivity index (χ4n) is 1.81. The minimum absolute atomic E-state index is 0.787. The summed E-state index contributed by atoms with van der Waals surface area (Å²) in [6.45, 7) is 5.83. The molecular formula is C13H18N4S. The summed E-state index contributed by atoms with van der Waals surface area (Å²) in [7, 11) is 0. The van der Waals surface area contributed by atoms with Gasteiger partial charge < -0.3 is 10.6 Å². The van der Waals surface area contributed by atoms with Crippen LogP contribution in [0.5, 0.6) is 0 Å². The molecule has 1 aromatic carbocycles. The zero-order valence-electron chi connectivity index (χ0n) is 10.8. The molecule has 0 fully saturated rings. The van der Waals surface area contributed by atoms with E-state index in [0.29, 0.717) is 0 Å². The number of nitrogens with zero attached hydrogens (tertiary/aromatic N) is 3. The predicted molar refractivity (Wildman–Crippen MR) is 76.8 cm³/mol. The first-order valence-electron chi connectivity index (χ1n) is 6.09. The molecule has 0 atom stereocenters. The van der Waals surface area contributed by atoms with Gasteiger partial charge in [-0.25, -0.2) is 4.98 Å². The molecule has 0 radical (unpaired) electrons. The molecule has 0 saturated carbocycles. The van der Waals surface area contributed by atoms with E-state index in [1.807, 2.05) is 25.1 Å². The van der Waals surface area contributed by atoms with Crippen molar-refractivity contribution in [2.45, 2.75) is 26.8 Å². The topological polar surface area (TPSA) is 55.0 Å². The van der Waals surface area contributed by atoms with Crippen molar-refractivity contribution < 1.29 is 0 Å². The van der Waals surface area contributed by atoms with E-state index in [9.17, 15) is 0 Å². The Morgan fingerprint density at radius 1 is 1.33 bits per heavy atom. The normalized spacial score (nSPS) is 10.6. The lowest BCUT2D eigenvalue weighted by atomic mass is 10.1. The van der Waals surface area contributed by atoms with Crippen molar-refractivity contribution >= 4 is 22.4 Å². The number of para-hydroxylation sites is 1. The van der Waals surface area contributed by atoms with Crippen molar-refractivity contribution in [3.8, 4) is 0 Å². The quantitative estimate of drug-likeness (QED) is 0.842. The third-order valence-electron chi connectivity index (χ3n) is 2.70. The summed E-state index contributed by atoms with van der Waals surface area (Å²) in [5.41, 5.74) is 7.96. The molecule has 0 aliphatic rings. The Morgan fingerprint density at radius 3 is 2.72 bits per heavy atom. The van der Waals surface area contributed by atoms with Gasteiger partial charge in [0.15, 0.2) is 0 Å². The van der Waals surface area contributed by atoms with Gasteiger partial charge in [-0.3, -0.25) is 0 Å². The SMILES string of the molecule is CCCN(Cc1ccccc1N)c1nc(C)ns1. The lowest BCUT2D eigenvalue weighted by Crippen LogP contribution is -2.23. The van der Waals surface area contributed by atoms with Gasteiger partial charge in [0.05, 0.1) is 0 Å². The van der Waals surface area contributed by atoms with E-state index in [4.69, 9.17) is 5.73 Å². The van der Waals surface area contributed by atoms with Crippen LogP contribution in [0.3, 0.4) is 0 Å². The maximum Gasteiger partial charge on any atom is 0.205 e. The first kappa shape index (κ1) is 12.8. The van der Waals surface area contributed by atoms with Crippen LogP contribution < -0.4 is 10.6 Å². The summed E-state index contributed by atoms with van der Waals surface area (Å²) >= 11 is 1.45. The molecule has 0 saturated heterocycles. The average molecular weight is 262 g/mol. The molecule has 2 aromatic rings. The molecule has 96 valence electrons. The maximum atomic E-state index is 5.99. The zero-order chi connectivity index (χ0) is 13.0. The third kappa shape index (κ3) is 2.98. The van der Waals surface area contributed by atoms with Crippen molar-refractivity contribution in [3.63, 3.8) is 0 Å². The molecule has 0 aliphatic heterocycles. The van der Waals surface area contributed by atoms with E-state index in [1.54, 1.807) is 0 Å². The summed E-state index contributed by atoms with van der Waals surface area (Å²) in [5.74, 6) is 0.831. The molecule has 1 aromatic heterocycles. The van der Waals surface area contributed by atoms with Crippen LogP contribution in [-0.4, -0.2) is 15.9 Å². The average Bonchev–Trinajstić information content (AvgIpc) is 2.78. The number of hydrogen-bond donors (Lipinski definition) is 1. The number of benzene rings is 1. The van der Waals surface area contributed by atoms with Gasteiger partial charge in [0.25, 0.3) is 0 Å². The van der Waals surface area contributed by atoms with Crippen molar-refractivity contribution in [3.05, 3.63) is 35.7 Å². The highest BCUT2D eigenvalue weighted by molar-refractivity contribution is 7.09. The fourth-order valence-corrected chi connectivity index (χ4v) is 2.51. The first-order chi connectivity index (χ1) is 8.70. The Morgan fingerprint density at radius 2 is 2.11 bits per heavy atom. The van der Waals surface area contributed by atoms with Crippen LogP contribution in [0.4, 0.5) is 10.8 Å². The van der Waals surface area contributed by atoms with Crippen LogP contribution in [-0.2, 0) is 6.54 Å². The molecule has 0 unspecified atom stereocenters. The smallest absolute Gasteiger partial charge is 0.205 e. The van der Waals surface area contributed by atoms with Gasteiger partial charge in [-0.2, -0.15) is 4.37 Å². The van der Waals surface area contributed by atoms with Crippen LogP contribution in [0.15, 0.2) is 24.3 Å². The lowest BCUT2D eigenvalue weighted by Gasteiger charge is -2.21. The minimum Gasteiger partial charge on any atom is -0.398 e. The number of rotatable bonds is 5. The van der Waals surface area contributed by atoms with E-state index in [2.05, 4.69) is 27.2 Å². The molecule has 2 N–H and O–H groups in total. The molecule has 2 rings (SSSR count). The van der Waals surface area contributed by atoms with E-state index in [0.717, 1.165) is 41.7 Å². The van der Waals surface area contributed by atoms with Crippen LogP contribution in [0, 0.1) is 6.92 Å². The summed E-state index contributed by atoms with van der Waals surface area (Å²) < 4.78 is 4.24. The van der Waals surface area contributed by atoms with Gasteiger partial charge in [-0.15, -0.1) is 0 Å². The monoisotopic (exact) mass is 262 g/mol. The van der Waals surface area contributed by atoms with Gasteiger partial charge >= 0.3 is 0 Å². The molecule has 18 heavy (non-hydrogen) atoms. The Bertz CT molecular complexity index is 509. The highest BCUT2D eigenvalue weighted by Gasteiger charge is 2.12. The summed E-state index contributed by atoms with van der Waals surface area (Å²) in [6, 6.07) is 7.97. The molecule has 4 nitrogen and oxygen atoms in total. The Kier molecular flexibility index (Phi) is 4.15. The van der Waals surface area contributed by atoms with E-state index >= 15 is 0 Å². The third-order valence-corrected chi connectivity index (χ3v) is 3.57. The van der Waals surface area contributed by atoms with Crippen molar-refractivity contribution in [1.82, 2.24) is 9.36 Å². The number of nitrogens with two attached hydrogens (primary N) is 1. The minimum atomic E-state index is 0.787. The van der Waals surface area contributed by atoms with Crippen LogP contribution >= 0.6 is 11.5 Å². The zero-order valence-corrected chi connectivity index (χ0v) is 11.6. The Balaban J connectivity index is 2.19. The van der Waals surface area contributed by atoms with Gasteiger partial charge in [-0.1, -0.05) is 25.1 Å². The second-order valence-corrected chi connectivity index (χ2v) is 4.97. The van der Waals surface area contributed by atoms with Crippen molar-refractivity contribution in [1.29, 1.82) is 0 Å². The number of hydrogen-bond acceptors (Lipinski definition) is 5. The number of nitrogen functional groups attached to an aromatic ring is 1. The van der Waals surface area contributed by atoms with Crippen molar-refractivity contribution in [2.75, 3.05) is 17.2 Å². The first-order valence-corrected chi connectivity index (χ1v) is 6.86. The molecule has 0 aliphatic carbocycles. The highest BCUT2D eigenvalue weighted by atomic mass is 32.1. The van der Waals surface area contributed by atoms with E-state index in [1.165, 1.54) is 11.5 Å². The van der Waals surface area contributed by atoms with Gasteiger partial charge in [-0.05, 0) is 25.0 Å². The summed E-state index contributed by atoms with van der Waals surface area (Å²) in [6.07, 6.45) is 1.07. The molecule has 0 amide bonds. The maximum absolute atomic E-state index is 5.99. The Labute approximate surface area is 112 Å². The summed E-state index contributed by atoms with van der Waals surface area (Å²) in [4.78, 5) is 6.68. The largest absolute Gasteiger partial charge is 0.398 e. The van der Waals surface area contributed by atoms with E-state index < -0.39 is 0 Å². The number of anilines is 2. The molecule has 1 heterocycles. The van der Waals surface area contributed by atoms with Crippen LogP contribution in [0.1, 0.15) is 24.7 Å². The van der Waals surface area contributed by atoms with E-state index in [-0.39, 0.29) is 0 Å². The standard InChI is InChI=1S/C13H18N4S/c1-3-8-17(13-15-10(2)16-18-13)9-11-6-4-5-7-12(11)14/h4-7H,3,8-9,14H2,1-2H3. The predicted octanol–water partition coefficient (Wildman–Crippen LogP) is 2.85. The Hall–Kier alpha value is -1.62. The van der Waals surface area contributed by atoms with Gasteiger partial charge in [0.2, 0.25) is 5.13 Å². The number of aromatic nitrogens is 2. The lowest BCUT2D eigenvalue weighted by molar-refractivity contribution is 0.763. The van der Waals surface area contributed by atoms with Crippen LogP contribution in [0.2, 0.25) is 0 Å². The second-order valence-electron chi connectivity index (χ2n) is 4.24. The highest BCUT2D eigenvalue weighted by Crippen LogP contribution is 2.22. The van der Waals surface area contributed by atoms with Gasteiger partial charge in [0, 0.05) is 30.3 Å². The summed E-state index contributed by atoms with van der Waals surface area (Å²) in [5, 5.41) is 0.970. The molecule has 0 bridgehead atoms. The second kappa shape index (κ2) is 5.82. The number of aryl methyl sites for hydroxylation is 1. The molecule has 5 heteroatoms. The van der Waals surface area contributed by atoms with Gasteiger partial charge in [0.1, 0.15) is 5.82 Å². The van der Waals surface area contributed by atoms with Crippen LogP contribution in [0.25, 0.3) is 0 Å². The van der Waals surface area contributed by atoms with Crippen molar-refractivity contribution in [2.24, 2.45) is 0 Å². The fraction of sp³-hybridized carbons (Fsp3) is 0.385.